The summed E-state index contributed by atoms with van der Waals surface area (Å²) in [6.45, 7) is 0.476. The van der Waals surface area contributed by atoms with Crippen molar-refractivity contribution in [3.8, 4) is 11.5 Å². The molecule has 0 saturated heterocycles. The molecule has 3 aromatic rings. The number of fused-ring (bicyclic) bond motifs is 1. The molecule has 0 spiro atoms. The molecule has 0 aliphatic rings. The molecule has 0 aliphatic heterocycles. The normalized spacial score (nSPS) is 10.6. The SMILES string of the molecule is NCc1ccccc1Oc1ccc2ccccc2c1. The van der Waals surface area contributed by atoms with Crippen LogP contribution in [0.1, 0.15) is 5.56 Å². The van der Waals surface area contributed by atoms with Gasteiger partial charge in [-0.2, -0.15) is 0 Å². The van der Waals surface area contributed by atoms with E-state index in [1.165, 1.54) is 10.8 Å². The molecule has 0 fully saturated rings. The Labute approximate surface area is 112 Å². The van der Waals surface area contributed by atoms with Crippen molar-refractivity contribution in [3.05, 3.63) is 72.3 Å². The van der Waals surface area contributed by atoms with Crippen LogP contribution in [0.3, 0.4) is 0 Å². The maximum absolute atomic E-state index is 5.93. The quantitative estimate of drug-likeness (QED) is 0.758. The molecule has 0 saturated carbocycles. The third-order valence-corrected chi connectivity index (χ3v) is 3.14. The van der Waals surface area contributed by atoms with Gasteiger partial charge < -0.3 is 10.5 Å². The van der Waals surface area contributed by atoms with Crippen LogP contribution in [-0.4, -0.2) is 0 Å². The van der Waals surface area contributed by atoms with Gasteiger partial charge in [-0.15, -0.1) is 0 Å². The number of ether oxygens (including phenoxy) is 1. The van der Waals surface area contributed by atoms with Crippen LogP contribution >= 0.6 is 0 Å². The molecule has 0 aromatic heterocycles. The van der Waals surface area contributed by atoms with E-state index in [1.54, 1.807) is 0 Å². The Morgan fingerprint density at radius 1 is 0.789 bits per heavy atom. The molecule has 2 nitrogen and oxygen atoms in total. The van der Waals surface area contributed by atoms with Crippen molar-refractivity contribution in [3.63, 3.8) is 0 Å². The zero-order chi connectivity index (χ0) is 13.1. The van der Waals surface area contributed by atoms with Crippen LogP contribution in [0.5, 0.6) is 11.5 Å². The summed E-state index contributed by atoms with van der Waals surface area (Å²) >= 11 is 0. The van der Waals surface area contributed by atoms with E-state index in [0.717, 1.165) is 17.1 Å². The second-order valence-corrected chi connectivity index (χ2v) is 4.42. The van der Waals surface area contributed by atoms with Crippen LogP contribution in [0.2, 0.25) is 0 Å². The van der Waals surface area contributed by atoms with Crippen molar-refractivity contribution < 1.29 is 4.74 Å². The fraction of sp³-hybridized carbons (Fsp3) is 0.0588. The third kappa shape index (κ3) is 2.44. The van der Waals surface area contributed by atoms with Gasteiger partial charge in [0.1, 0.15) is 11.5 Å². The fourth-order valence-electron chi connectivity index (χ4n) is 2.13. The molecule has 0 amide bonds. The van der Waals surface area contributed by atoms with Gasteiger partial charge in [-0.05, 0) is 29.0 Å². The second kappa shape index (κ2) is 5.12. The first-order chi connectivity index (χ1) is 9.36. The van der Waals surface area contributed by atoms with E-state index in [0.29, 0.717) is 6.54 Å². The first-order valence-electron chi connectivity index (χ1n) is 6.31. The molecule has 94 valence electrons. The number of benzene rings is 3. The lowest BCUT2D eigenvalue weighted by molar-refractivity contribution is 0.477. The molecule has 3 rings (SSSR count). The number of nitrogens with two attached hydrogens (primary N) is 1. The average molecular weight is 249 g/mol. The van der Waals surface area contributed by atoms with Gasteiger partial charge >= 0.3 is 0 Å². The van der Waals surface area contributed by atoms with E-state index in [1.807, 2.05) is 48.5 Å². The van der Waals surface area contributed by atoms with E-state index in [9.17, 15) is 0 Å². The maximum atomic E-state index is 5.93. The van der Waals surface area contributed by atoms with Gasteiger partial charge in [-0.3, -0.25) is 0 Å². The molecule has 0 unspecified atom stereocenters. The van der Waals surface area contributed by atoms with E-state index in [2.05, 4.69) is 18.2 Å². The van der Waals surface area contributed by atoms with Crippen molar-refractivity contribution >= 4 is 10.8 Å². The lowest BCUT2D eigenvalue weighted by Gasteiger charge is -2.10. The predicted octanol–water partition coefficient (Wildman–Crippen LogP) is 4.09. The highest BCUT2D eigenvalue weighted by Crippen LogP contribution is 2.27. The van der Waals surface area contributed by atoms with E-state index in [4.69, 9.17) is 10.5 Å². The molecular formula is C17H15NO. The minimum absolute atomic E-state index is 0.476. The second-order valence-electron chi connectivity index (χ2n) is 4.42. The van der Waals surface area contributed by atoms with Gasteiger partial charge in [0.05, 0.1) is 0 Å². The van der Waals surface area contributed by atoms with Crippen molar-refractivity contribution in [2.45, 2.75) is 6.54 Å². The largest absolute Gasteiger partial charge is 0.457 e. The summed E-state index contributed by atoms with van der Waals surface area (Å²) in [4.78, 5) is 0. The van der Waals surface area contributed by atoms with Crippen LogP contribution in [-0.2, 0) is 6.54 Å². The Bertz CT molecular complexity index is 706. The van der Waals surface area contributed by atoms with Gasteiger partial charge in [0, 0.05) is 12.1 Å². The van der Waals surface area contributed by atoms with Crippen molar-refractivity contribution in [2.75, 3.05) is 0 Å². The zero-order valence-corrected chi connectivity index (χ0v) is 10.5. The van der Waals surface area contributed by atoms with Crippen LogP contribution < -0.4 is 10.5 Å². The van der Waals surface area contributed by atoms with Crippen LogP contribution in [0.4, 0.5) is 0 Å². The fourth-order valence-corrected chi connectivity index (χ4v) is 2.13. The molecule has 0 radical (unpaired) electrons. The van der Waals surface area contributed by atoms with Crippen molar-refractivity contribution in [1.82, 2.24) is 0 Å². The molecule has 0 aliphatic carbocycles. The van der Waals surface area contributed by atoms with Crippen LogP contribution in [0, 0.1) is 0 Å². The van der Waals surface area contributed by atoms with E-state index < -0.39 is 0 Å². The zero-order valence-electron chi connectivity index (χ0n) is 10.5. The molecular weight excluding hydrogens is 234 g/mol. The smallest absolute Gasteiger partial charge is 0.131 e. The highest BCUT2D eigenvalue weighted by Gasteiger charge is 2.03. The summed E-state index contributed by atoms with van der Waals surface area (Å²) in [6.07, 6.45) is 0. The number of hydrogen-bond acceptors (Lipinski definition) is 2. The molecule has 19 heavy (non-hydrogen) atoms. The van der Waals surface area contributed by atoms with Gasteiger partial charge in [0.2, 0.25) is 0 Å². The topological polar surface area (TPSA) is 35.2 Å². The van der Waals surface area contributed by atoms with E-state index in [-0.39, 0.29) is 0 Å². The Morgan fingerprint density at radius 3 is 2.37 bits per heavy atom. The molecule has 0 heterocycles. The summed E-state index contributed by atoms with van der Waals surface area (Å²) in [5.74, 6) is 1.65. The minimum atomic E-state index is 0.476. The average Bonchev–Trinajstić information content (AvgIpc) is 2.48. The van der Waals surface area contributed by atoms with Gasteiger partial charge in [-0.25, -0.2) is 0 Å². The molecule has 0 atom stereocenters. The summed E-state index contributed by atoms with van der Waals surface area (Å²) in [7, 11) is 0. The molecule has 3 aromatic carbocycles. The van der Waals surface area contributed by atoms with Gasteiger partial charge in [-0.1, -0.05) is 48.5 Å². The lowest BCUT2D eigenvalue weighted by atomic mass is 10.1. The standard InChI is InChI=1S/C17H15NO/c18-12-15-7-3-4-8-17(15)19-16-10-9-13-5-1-2-6-14(13)11-16/h1-11H,12,18H2. The number of para-hydroxylation sites is 1. The van der Waals surface area contributed by atoms with Gasteiger partial charge in [0.25, 0.3) is 0 Å². The Balaban J connectivity index is 1.96. The van der Waals surface area contributed by atoms with Crippen LogP contribution in [0.25, 0.3) is 10.8 Å². The minimum Gasteiger partial charge on any atom is -0.457 e. The number of rotatable bonds is 3. The lowest BCUT2D eigenvalue weighted by Crippen LogP contribution is -1.98. The first-order valence-corrected chi connectivity index (χ1v) is 6.31. The molecule has 0 bridgehead atoms. The summed E-state index contributed by atoms with van der Waals surface area (Å²) < 4.78 is 5.93. The monoisotopic (exact) mass is 249 g/mol. The van der Waals surface area contributed by atoms with Crippen LogP contribution in [0.15, 0.2) is 66.7 Å². The highest BCUT2D eigenvalue weighted by molar-refractivity contribution is 5.83. The van der Waals surface area contributed by atoms with Crippen molar-refractivity contribution in [2.24, 2.45) is 5.73 Å². The highest BCUT2D eigenvalue weighted by atomic mass is 16.5. The Kier molecular flexibility index (Phi) is 3.17. The Morgan fingerprint density at radius 2 is 1.53 bits per heavy atom. The molecule has 2 N–H and O–H groups in total. The summed E-state index contributed by atoms with van der Waals surface area (Å²) in [5.41, 5.74) is 6.72. The summed E-state index contributed by atoms with van der Waals surface area (Å²) in [5, 5.41) is 2.38. The Hall–Kier alpha value is -2.32. The predicted molar refractivity (Wildman–Crippen MR) is 78.4 cm³/mol. The third-order valence-electron chi connectivity index (χ3n) is 3.14. The summed E-state index contributed by atoms with van der Waals surface area (Å²) in [6, 6.07) is 22.2. The first kappa shape index (κ1) is 11.8. The number of hydrogen-bond donors (Lipinski definition) is 1. The maximum Gasteiger partial charge on any atom is 0.131 e. The van der Waals surface area contributed by atoms with Crippen molar-refractivity contribution in [1.29, 1.82) is 0 Å². The van der Waals surface area contributed by atoms with Gasteiger partial charge in [0.15, 0.2) is 0 Å². The molecule has 2 heteroatoms. The van der Waals surface area contributed by atoms with E-state index >= 15 is 0 Å².